The highest BCUT2D eigenvalue weighted by molar-refractivity contribution is 5.85. The molecule has 1 aliphatic rings. The highest BCUT2D eigenvalue weighted by Crippen LogP contribution is 2.28. The predicted molar refractivity (Wildman–Crippen MR) is 84.9 cm³/mol. The van der Waals surface area contributed by atoms with Crippen LogP contribution in [0.1, 0.15) is 17.7 Å². The van der Waals surface area contributed by atoms with Gasteiger partial charge in [-0.25, -0.2) is 0 Å². The number of nitrogens with one attached hydrogen (secondary N) is 2. The first kappa shape index (κ1) is 15.1. The standard InChI is InChI=1S/C17H22N2O3/c1-21-8-9-22-11-17(20)18-12-6-7-14-13-4-2-3-5-15(13)19-16(14)10-12/h2-5,12,19H,6-11H2,1H3,(H,18,20). The van der Waals surface area contributed by atoms with Crippen LogP contribution in [0.5, 0.6) is 0 Å². The Morgan fingerprint density at radius 1 is 1.36 bits per heavy atom. The highest BCUT2D eigenvalue weighted by atomic mass is 16.5. The second kappa shape index (κ2) is 6.94. The summed E-state index contributed by atoms with van der Waals surface area (Å²) in [5.41, 5.74) is 3.83. The van der Waals surface area contributed by atoms with E-state index in [9.17, 15) is 4.79 Å². The minimum absolute atomic E-state index is 0.0549. The number of rotatable bonds is 6. The van der Waals surface area contributed by atoms with Crippen molar-refractivity contribution >= 4 is 16.8 Å². The Labute approximate surface area is 130 Å². The summed E-state index contributed by atoms with van der Waals surface area (Å²) in [6, 6.07) is 8.56. The van der Waals surface area contributed by atoms with E-state index >= 15 is 0 Å². The smallest absolute Gasteiger partial charge is 0.246 e. The third kappa shape index (κ3) is 3.31. The van der Waals surface area contributed by atoms with Gasteiger partial charge in [0.1, 0.15) is 6.61 Å². The van der Waals surface area contributed by atoms with E-state index in [1.54, 1.807) is 7.11 Å². The van der Waals surface area contributed by atoms with Crippen LogP contribution < -0.4 is 5.32 Å². The molecule has 1 aromatic heterocycles. The number of benzene rings is 1. The van der Waals surface area contributed by atoms with Gasteiger partial charge >= 0.3 is 0 Å². The fourth-order valence-corrected chi connectivity index (χ4v) is 3.08. The maximum absolute atomic E-state index is 11.9. The second-order valence-corrected chi connectivity index (χ2v) is 5.68. The van der Waals surface area contributed by atoms with Crippen molar-refractivity contribution in [1.82, 2.24) is 10.3 Å². The van der Waals surface area contributed by atoms with Crippen LogP contribution in [-0.4, -0.2) is 43.9 Å². The number of methoxy groups -OCH3 is 1. The summed E-state index contributed by atoms with van der Waals surface area (Å²) in [4.78, 5) is 15.4. The molecule has 0 bridgehead atoms. The lowest BCUT2D eigenvalue weighted by Crippen LogP contribution is -2.40. The van der Waals surface area contributed by atoms with Crippen molar-refractivity contribution in [1.29, 1.82) is 0 Å². The van der Waals surface area contributed by atoms with E-state index in [-0.39, 0.29) is 18.6 Å². The van der Waals surface area contributed by atoms with Gasteiger partial charge < -0.3 is 19.8 Å². The SMILES string of the molecule is COCCOCC(=O)NC1CCc2c([nH]c3ccccc23)C1. The van der Waals surface area contributed by atoms with Crippen molar-refractivity contribution in [3.63, 3.8) is 0 Å². The number of carbonyl (C=O) groups excluding carboxylic acids is 1. The van der Waals surface area contributed by atoms with E-state index in [4.69, 9.17) is 9.47 Å². The number of fused-ring (bicyclic) bond motifs is 3. The van der Waals surface area contributed by atoms with Crippen LogP contribution in [-0.2, 0) is 27.1 Å². The van der Waals surface area contributed by atoms with E-state index in [1.165, 1.54) is 22.2 Å². The Morgan fingerprint density at radius 3 is 3.09 bits per heavy atom. The number of hydrogen-bond acceptors (Lipinski definition) is 3. The fourth-order valence-electron chi connectivity index (χ4n) is 3.08. The Kier molecular flexibility index (Phi) is 4.75. The van der Waals surface area contributed by atoms with Gasteiger partial charge in [-0.3, -0.25) is 4.79 Å². The average Bonchev–Trinajstić information content (AvgIpc) is 2.89. The molecule has 0 radical (unpaired) electrons. The molecule has 1 unspecified atom stereocenters. The zero-order chi connectivity index (χ0) is 15.4. The zero-order valence-corrected chi connectivity index (χ0v) is 12.9. The van der Waals surface area contributed by atoms with Gasteiger partial charge in [-0.1, -0.05) is 18.2 Å². The number of amides is 1. The van der Waals surface area contributed by atoms with Crippen molar-refractivity contribution in [2.45, 2.75) is 25.3 Å². The van der Waals surface area contributed by atoms with E-state index in [2.05, 4.69) is 28.5 Å². The lowest BCUT2D eigenvalue weighted by Gasteiger charge is -2.23. The molecule has 0 fully saturated rings. The van der Waals surface area contributed by atoms with E-state index in [0.29, 0.717) is 13.2 Å². The van der Waals surface area contributed by atoms with Gasteiger partial charge in [0, 0.05) is 36.2 Å². The third-order valence-electron chi connectivity index (χ3n) is 4.13. The first-order chi connectivity index (χ1) is 10.8. The Bertz CT molecular complexity index is 650. The van der Waals surface area contributed by atoms with Crippen molar-refractivity contribution < 1.29 is 14.3 Å². The van der Waals surface area contributed by atoms with Crippen LogP contribution in [0.4, 0.5) is 0 Å². The minimum atomic E-state index is -0.0549. The van der Waals surface area contributed by atoms with Gasteiger partial charge in [0.2, 0.25) is 5.91 Å². The van der Waals surface area contributed by atoms with Gasteiger partial charge in [0.15, 0.2) is 0 Å². The van der Waals surface area contributed by atoms with Gasteiger partial charge in [-0.15, -0.1) is 0 Å². The van der Waals surface area contributed by atoms with E-state index < -0.39 is 0 Å². The normalized spacial score (nSPS) is 17.4. The Balaban J connectivity index is 1.56. The molecule has 3 rings (SSSR count). The molecule has 2 aromatic rings. The molecule has 1 amide bonds. The van der Waals surface area contributed by atoms with E-state index in [1.807, 2.05) is 6.07 Å². The van der Waals surface area contributed by atoms with Crippen LogP contribution >= 0.6 is 0 Å². The van der Waals surface area contributed by atoms with Gasteiger partial charge in [0.25, 0.3) is 0 Å². The molecule has 1 atom stereocenters. The fraction of sp³-hybridized carbons (Fsp3) is 0.471. The summed E-state index contributed by atoms with van der Waals surface area (Å²) in [7, 11) is 1.61. The minimum Gasteiger partial charge on any atom is -0.382 e. The van der Waals surface area contributed by atoms with Crippen LogP contribution in [0.25, 0.3) is 10.9 Å². The summed E-state index contributed by atoms with van der Waals surface area (Å²) in [6.07, 6.45) is 2.82. The number of aromatic amines is 1. The Hall–Kier alpha value is -1.85. The monoisotopic (exact) mass is 302 g/mol. The molecule has 1 heterocycles. The maximum atomic E-state index is 11.9. The molecule has 118 valence electrons. The van der Waals surface area contributed by atoms with E-state index in [0.717, 1.165) is 19.3 Å². The molecule has 1 aliphatic carbocycles. The first-order valence-corrected chi connectivity index (χ1v) is 7.72. The summed E-state index contributed by atoms with van der Waals surface area (Å²) < 4.78 is 10.1. The molecule has 2 N–H and O–H groups in total. The molecule has 0 saturated heterocycles. The number of aromatic nitrogens is 1. The molecular formula is C17H22N2O3. The van der Waals surface area contributed by atoms with Crippen LogP contribution in [0, 0.1) is 0 Å². The Morgan fingerprint density at radius 2 is 2.23 bits per heavy atom. The molecule has 0 aliphatic heterocycles. The number of aryl methyl sites for hydroxylation is 1. The van der Waals surface area contributed by atoms with Gasteiger partial charge in [-0.05, 0) is 24.5 Å². The molecular weight excluding hydrogens is 280 g/mol. The van der Waals surface area contributed by atoms with Crippen molar-refractivity contribution in [3.05, 3.63) is 35.5 Å². The summed E-state index contributed by atoms with van der Waals surface area (Å²) >= 11 is 0. The van der Waals surface area contributed by atoms with Crippen LogP contribution in [0.2, 0.25) is 0 Å². The summed E-state index contributed by atoms with van der Waals surface area (Å²) in [6.45, 7) is 1.05. The molecule has 22 heavy (non-hydrogen) atoms. The maximum Gasteiger partial charge on any atom is 0.246 e. The second-order valence-electron chi connectivity index (χ2n) is 5.68. The molecule has 5 nitrogen and oxygen atoms in total. The van der Waals surface area contributed by atoms with Gasteiger partial charge in [-0.2, -0.15) is 0 Å². The number of H-pyrrole nitrogens is 1. The molecule has 0 saturated carbocycles. The molecule has 5 heteroatoms. The highest BCUT2D eigenvalue weighted by Gasteiger charge is 2.23. The zero-order valence-electron chi connectivity index (χ0n) is 12.9. The third-order valence-corrected chi connectivity index (χ3v) is 4.13. The summed E-state index contributed by atoms with van der Waals surface area (Å²) in [5.74, 6) is -0.0549. The van der Waals surface area contributed by atoms with Crippen LogP contribution in [0.15, 0.2) is 24.3 Å². The molecule has 0 spiro atoms. The number of ether oxygens (including phenoxy) is 2. The largest absolute Gasteiger partial charge is 0.382 e. The van der Waals surface area contributed by atoms with Crippen LogP contribution in [0.3, 0.4) is 0 Å². The van der Waals surface area contributed by atoms with Gasteiger partial charge in [0.05, 0.1) is 13.2 Å². The summed E-state index contributed by atoms with van der Waals surface area (Å²) in [5, 5.41) is 4.37. The average molecular weight is 302 g/mol. The van der Waals surface area contributed by atoms with Crippen molar-refractivity contribution in [3.8, 4) is 0 Å². The molecule has 1 aromatic carbocycles. The quantitative estimate of drug-likeness (QED) is 0.800. The van der Waals surface area contributed by atoms with Crippen molar-refractivity contribution in [2.24, 2.45) is 0 Å². The lowest BCUT2D eigenvalue weighted by molar-refractivity contribution is -0.126. The number of carbonyl (C=O) groups is 1. The predicted octanol–water partition coefficient (Wildman–Crippen LogP) is 1.80. The number of para-hydroxylation sites is 1. The topological polar surface area (TPSA) is 63.4 Å². The lowest BCUT2D eigenvalue weighted by atomic mass is 9.92. The van der Waals surface area contributed by atoms with Crippen molar-refractivity contribution in [2.75, 3.05) is 26.9 Å². The first-order valence-electron chi connectivity index (χ1n) is 7.72. The number of hydrogen-bond donors (Lipinski definition) is 2.